The van der Waals surface area contributed by atoms with Gasteiger partial charge >= 0.3 is 0 Å². The lowest BCUT2D eigenvalue weighted by molar-refractivity contribution is 0.0778. The van der Waals surface area contributed by atoms with Crippen molar-refractivity contribution in [3.63, 3.8) is 0 Å². The number of likely N-dealkylation sites (N-methyl/N-ethyl adjacent to an activating group) is 1. The molecule has 130 valence electrons. The molecule has 1 aromatic rings. The molecule has 6 nitrogen and oxygen atoms in total. The minimum Gasteiger partial charge on any atom is -0.396 e. The first kappa shape index (κ1) is 18.0. The summed E-state index contributed by atoms with van der Waals surface area (Å²) in [4.78, 5) is 16.9. The molecule has 0 unspecified atom stereocenters. The van der Waals surface area contributed by atoms with Gasteiger partial charge in [-0.3, -0.25) is 4.79 Å². The number of hydrogen-bond donors (Lipinski definition) is 1. The van der Waals surface area contributed by atoms with Crippen LogP contribution in [0, 0.1) is 19.8 Å². The first-order valence-electron chi connectivity index (χ1n) is 8.12. The van der Waals surface area contributed by atoms with Crippen molar-refractivity contribution in [3.8, 4) is 0 Å². The highest BCUT2D eigenvalue weighted by Crippen LogP contribution is 2.24. The molecule has 23 heavy (non-hydrogen) atoms. The monoisotopic (exact) mass is 323 g/mol. The zero-order chi connectivity index (χ0) is 17.1. The summed E-state index contributed by atoms with van der Waals surface area (Å²) in [7, 11) is 5.68. The van der Waals surface area contributed by atoms with E-state index in [1.165, 1.54) is 0 Å². The van der Waals surface area contributed by atoms with E-state index in [2.05, 4.69) is 9.47 Å². The highest BCUT2D eigenvalue weighted by atomic mass is 16.5. The van der Waals surface area contributed by atoms with Crippen molar-refractivity contribution in [3.05, 3.63) is 23.0 Å². The number of amides is 1. The molecule has 2 atom stereocenters. The number of hydrogen-bond acceptors (Lipinski definition) is 4. The van der Waals surface area contributed by atoms with E-state index in [4.69, 9.17) is 4.74 Å². The number of rotatable bonds is 6. The topological polar surface area (TPSA) is 57.9 Å². The maximum Gasteiger partial charge on any atom is 0.255 e. The van der Waals surface area contributed by atoms with Gasteiger partial charge in [0.05, 0.1) is 12.2 Å². The third kappa shape index (κ3) is 3.59. The molecule has 0 radical (unpaired) electrons. The number of carbonyl (C=O) groups is 1. The van der Waals surface area contributed by atoms with E-state index in [9.17, 15) is 9.90 Å². The Balaban J connectivity index is 2.18. The predicted octanol–water partition coefficient (Wildman–Crippen LogP) is 0.746. The smallest absolute Gasteiger partial charge is 0.255 e. The summed E-state index contributed by atoms with van der Waals surface area (Å²) in [6.07, 6.45) is 0. The third-order valence-electron chi connectivity index (χ3n) is 4.91. The minimum atomic E-state index is 0.0598. The fourth-order valence-corrected chi connectivity index (χ4v) is 3.50. The Bertz CT molecular complexity index is 554. The summed E-state index contributed by atoms with van der Waals surface area (Å²) >= 11 is 0. The standard InChI is InChI=1S/C17H29N3O3/c1-12-8-15(13(2)20(12)6-7-23-5)17(22)19-9-14(11-21)16(10-19)18(3)4/h8,14,16,21H,6-7,9-11H2,1-5H3/t14-,16+/m0/s1. The van der Waals surface area contributed by atoms with E-state index in [1.807, 2.05) is 38.9 Å². The Morgan fingerprint density at radius 1 is 1.39 bits per heavy atom. The van der Waals surface area contributed by atoms with Gasteiger partial charge in [0.1, 0.15) is 0 Å². The number of nitrogens with zero attached hydrogens (tertiary/aromatic N) is 3. The van der Waals surface area contributed by atoms with Crippen LogP contribution in [0.15, 0.2) is 6.07 Å². The number of aliphatic hydroxyl groups excluding tert-OH is 1. The van der Waals surface area contributed by atoms with E-state index >= 15 is 0 Å². The number of carbonyl (C=O) groups excluding carboxylic acids is 1. The van der Waals surface area contributed by atoms with Gasteiger partial charge in [0, 0.05) is 56.7 Å². The Hall–Kier alpha value is -1.37. The van der Waals surface area contributed by atoms with Crippen molar-refractivity contribution < 1.29 is 14.6 Å². The van der Waals surface area contributed by atoms with Crippen LogP contribution in [0.3, 0.4) is 0 Å². The van der Waals surface area contributed by atoms with Gasteiger partial charge in [-0.2, -0.15) is 0 Å². The van der Waals surface area contributed by atoms with Crippen LogP contribution in [-0.2, 0) is 11.3 Å². The summed E-state index contributed by atoms with van der Waals surface area (Å²) in [5.74, 6) is 0.176. The maximum absolute atomic E-state index is 12.9. The van der Waals surface area contributed by atoms with Crippen molar-refractivity contribution in [2.24, 2.45) is 5.92 Å². The molecule has 0 saturated carbocycles. The number of aromatic nitrogens is 1. The second kappa shape index (κ2) is 7.47. The van der Waals surface area contributed by atoms with Crippen LogP contribution in [0.25, 0.3) is 0 Å². The number of ether oxygens (including phenoxy) is 1. The second-order valence-electron chi connectivity index (χ2n) is 6.61. The van der Waals surface area contributed by atoms with Crippen molar-refractivity contribution in [1.29, 1.82) is 0 Å². The average Bonchev–Trinajstić information content (AvgIpc) is 3.07. The molecule has 2 rings (SSSR count). The highest BCUT2D eigenvalue weighted by Gasteiger charge is 2.37. The zero-order valence-corrected chi connectivity index (χ0v) is 14.9. The van der Waals surface area contributed by atoms with Gasteiger partial charge in [0.15, 0.2) is 0 Å². The molecule has 1 saturated heterocycles. The number of aryl methyl sites for hydroxylation is 1. The van der Waals surface area contributed by atoms with Crippen LogP contribution < -0.4 is 0 Å². The van der Waals surface area contributed by atoms with Gasteiger partial charge in [-0.05, 0) is 34.0 Å². The fraction of sp³-hybridized carbons (Fsp3) is 0.706. The Morgan fingerprint density at radius 2 is 2.09 bits per heavy atom. The van der Waals surface area contributed by atoms with E-state index in [0.717, 1.165) is 23.5 Å². The second-order valence-corrected chi connectivity index (χ2v) is 6.61. The fourth-order valence-electron chi connectivity index (χ4n) is 3.50. The quantitative estimate of drug-likeness (QED) is 0.839. The van der Waals surface area contributed by atoms with E-state index < -0.39 is 0 Å². The molecular formula is C17H29N3O3. The van der Waals surface area contributed by atoms with E-state index in [1.54, 1.807) is 7.11 Å². The molecule has 2 heterocycles. The summed E-state index contributed by atoms with van der Waals surface area (Å²) in [5.41, 5.74) is 2.82. The maximum atomic E-state index is 12.9. The molecule has 1 aliphatic heterocycles. The van der Waals surface area contributed by atoms with Crippen molar-refractivity contribution in [2.75, 3.05) is 47.5 Å². The lowest BCUT2D eigenvalue weighted by Crippen LogP contribution is -2.37. The molecule has 0 aromatic carbocycles. The Labute approximate surface area is 138 Å². The summed E-state index contributed by atoms with van der Waals surface area (Å²) in [6.45, 7) is 6.77. The van der Waals surface area contributed by atoms with E-state index in [0.29, 0.717) is 19.7 Å². The zero-order valence-electron chi connectivity index (χ0n) is 14.9. The lowest BCUT2D eigenvalue weighted by Gasteiger charge is -2.23. The molecule has 0 spiro atoms. The van der Waals surface area contributed by atoms with Crippen LogP contribution in [0.2, 0.25) is 0 Å². The van der Waals surface area contributed by atoms with Crippen molar-refractivity contribution >= 4 is 5.91 Å². The molecule has 1 fully saturated rings. The van der Waals surface area contributed by atoms with Gasteiger partial charge in [0.25, 0.3) is 5.91 Å². The summed E-state index contributed by atoms with van der Waals surface area (Å²) in [6, 6.07) is 2.17. The molecule has 1 aliphatic rings. The highest BCUT2D eigenvalue weighted by molar-refractivity contribution is 5.96. The van der Waals surface area contributed by atoms with Crippen LogP contribution in [0.4, 0.5) is 0 Å². The molecule has 1 aromatic heterocycles. The number of likely N-dealkylation sites (tertiary alicyclic amines) is 1. The van der Waals surface area contributed by atoms with Gasteiger partial charge in [-0.15, -0.1) is 0 Å². The Morgan fingerprint density at radius 3 is 2.61 bits per heavy atom. The van der Waals surface area contributed by atoms with Crippen molar-refractivity contribution in [2.45, 2.75) is 26.4 Å². The molecule has 0 bridgehead atoms. The number of methoxy groups -OCH3 is 1. The van der Waals surface area contributed by atoms with Crippen LogP contribution in [0.5, 0.6) is 0 Å². The normalized spacial score (nSPS) is 21.4. The van der Waals surface area contributed by atoms with Gasteiger partial charge in [-0.1, -0.05) is 0 Å². The van der Waals surface area contributed by atoms with Gasteiger partial charge < -0.3 is 24.2 Å². The first-order chi connectivity index (χ1) is 10.9. The van der Waals surface area contributed by atoms with Crippen molar-refractivity contribution in [1.82, 2.24) is 14.4 Å². The lowest BCUT2D eigenvalue weighted by atomic mass is 10.0. The first-order valence-corrected chi connectivity index (χ1v) is 8.12. The largest absolute Gasteiger partial charge is 0.396 e. The van der Waals surface area contributed by atoms with Crippen LogP contribution in [-0.4, -0.2) is 78.9 Å². The third-order valence-corrected chi connectivity index (χ3v) is 4.91. The van der Waals surface area contributed by atoms with Crippen LogP contribution in [0.1, 0.15) is 21.7 Å². The van der Waals surface area contributed by atoms with Crippen LogP contribution >= 0.6 is 0 Å². The predicted molar refractivity (Wildman–Crippen MR) is 89.7 cm³/mol. The van der Waals surface area contributed by atoms with E-state index in [-0.39, 0.29) is 24.5 Å². The molecule has 0 aliphatic carbocycles. The average molecular weight is 323 g/mol. The molecular weight excluding hydrogens is 294 g/mol. The van der Waals surface area contributed by atoms with Gasteiger partial charge in [-0.25, -0.2) is 0 Å². The Kier molecular flexibility index (Phi) is 5.84. The minimum absolute atomic E-state index is 0.0598. The molecule has 6 heteroatoms. The molecule has 1 N–H and O–H groups in total. The molecule has 1 amide bonds. The number of aliphatic hydroxyl groups is 1. The van der Waals surface area contributed by atoms with Gasteiger partial charge in [0.2, 0.25) is 0 Å². The summed E-state index contributed by atoms with van der Waals surface area (Å²) in [5, 5.41) is 9.57. The SMILES string of the molecule is COCCn1c(C)cc(C(=O)N2C[C@@H](CO)[C@H](N(C)C)C2)c1C. The summed E-state index contributed by atoms with van der Waals surface area (Å²) < 4.78 is 7.27.